The number of pyridine rings is 1. The Morgan fingerprint density at radius 1 is 1.12 bits per heavy atom. The molecule has 9 heteroatoms. The molecule has 1 saturated carbocycles. The van der Waals surface area contributed by atoms with Crippen molar-refractivity contribution in [3.8, 4) is 16.9 Å². The van der Waals surface area contributed by atoms with Crippen molar-refractivity contribution in [2.24, 2.45) is 17.6 Å². The van der Waals surface area contributed by atoms with Crippen LogP contribution in [0.4, 0.5) is 0 Å². The number of primary amides is 1. The average molecular weight is 448 g/mol. The van der Waals surface area contributed by atoms with Crippen LogP contribution in [0.5, 0.6) is 5.75 Å². The second-order valence-corrected chi connectivity index (χ2v) is 8.63. The van der Waals surface area contributed by atoms with E-state index >= 15 is 0 Å². The maximum absolute atomic E-state index is 13.5. The highest BCUT2D eigenvalue weighted by Gasteiger charge is 2.60. The van der Waals surface area contributed by atoms with Gasteiger partial charge in [-0.2, -0.15) is 0 Å². The van der Waals surface area contributed by atoms with Crippen LogP contribution in [0, 0.1) is 11.8 Å². The summed E-state index contributed by atoms with van der Waals surface area (Å²) >= 11 is 0. The third kappa shape index (κ3) is 2.75. The van der Waals surface area contributed by atoms with Crippen LogP contribution in [0.2, 0.25) is 0 Å². The molecule has 6 N–H and O–H groups in total. The van der Waals surface area contributed by atoms with Gasteiger partial charge in [-0.05, 0) is 42.0 Å². The standard InChI is InChI=1S/C24H20N2O7/c25-23(32)19-16(28)8-12-6-11-7-14-13(10-2-1-5-26-9-10)3-4-15(27)18(14)20(29)17(11)21(30)24(12,33)22(19)31/h1-5,9,11-12,27,29,31,33H,6-8H2,(H2,25,32)/t11-,12+,24+/m1/s1. The lowest BCUT2D eigenvalue weighted by molar-refractivity contribution is -0.147. The Kier molecular flexibility index (Phi) is 4.44. The molecule has 9 nitrogen and oxygen atoms in total. The molecule has 1 heterocycles. The number of nitrogens with zero attached hydrogens (tertiary/aromatic N) is 1. The van der Waals surface area contributed by atoms with E-state index in [2.05, 4.69) is 4.98 Å². The van der Waals surface area contributed by atoms with E-state index in [4.69, 9.17) is 5.73 Å². The molecule has 1 fully saturated rings. The van der Waals surface area contributed by atoms with Gasteiger partial charge in [0, 0.05) is 35.9 Å². The smallest absolute Gasteiger partial charge is 0.255 e. The van der Waals surface area contributed by atoms with Gasteiger partial charge >= 0.3 is 0 Å². The van der Waals surface area contributed by atoms with Crippen LogP contribution in [0.15, 0.2) is 53.6 Å². The van der Waals surface area contributed by atoms with Crippen LogP contribution in [0.3, 0.4) is 0 Å². The molecule has 3 atom stereocenters. The topological polar surface area (TPSA) is 171 Å². The number of amides is 1. The first-order valence-electron chi connectivity index (χ1n) is 10.4. The van der Waals surface area contributed by atoms with E-state index in [9.17, 15) is 34.8 Å². The van der Waals surface area contributed by atoms with Crippen LogP contribution in [-0.2, 0) is 20.8 Å². The molecule has 0 unspecified atom stereocenters. The highest BCUT2D eigenvalue weighted by molar-refractivity contribution is 6.22. The number of aromatic hydroxyl groups is 1. The molecule has 1 aromatic heterocycles. The molecule has 0 saturated heterocycles. The number of hydrogen-bond acceptors (Lipinski definition) is 8. The van der Waals surface area contributed by atoms with Crippen molar-refractivity contribution in [2.75, 3.05) is 0 Å². The molecule has 3 aliphatic rings. The quantitative estimate of drug-likeness (QED) is 0.430. The number of carbonyl (C=O) groups is 3. The fourth-order valence-electron chi connectivity index (χ4n) is 5.41. The lowest BCUT2D eigenvalue weighted by Gasteiger charge is -2.46. The van der Waals surface area contributed by atoms with Gasteiger partial charge in [0.1, 0.15) is 22.8 Å². The average Bonchev–Trinajstić information content (AvgIpc) is 2.76. The minimum Gasteiger partial charge on any atom is -0.508 e. The second-order valence-electron chi connectivity index (χ2n) is 8.63. The Morgan fingerprint density at radius 2 is 1.88 bits per heavy atom. The first-order chi connectivity index (χ1) is 15.7. The van der Waals surface area contributed by atoms with Gasteiger partial charge in [-0.15, -0.1) is 0 Å². The van der Waals surface area contributed by atoms with Gasteiger partial charge in [0.05, 0.1) is 5.56 Å². The number of aliphatic hydroxyl groups excluding tert-OH is 2. The lowest BCUT2D eigenvalue weighted by atomic mass is 9.59. The Bertz CT molecular complexity index is 1310. The molecular formula is C24H20N2O7. The van der Waals surface area contributed by atoms with Crippen molar-refractivity contribution in [2.45, 2.75) is 24.9 Å². The zero-order chi connectivity index (χ0) is 23.7. The predicted octanol–water partition coefficient (Wildman–Crippen LogP) is 1.49. The van der Waals surface area contributed by atoms with Crippen molar-refractivity contribution in [3.63, 3.8) is 0 Å². The Labute approximate surface area is 187 Å². The summed E-state index contributed by atoms with van der Waals surface area (Å²) in [5, 5.41) is 43.5. The second kappa shape index (κ2) is 7.01. The van der Waals surface area contributed by atoms with E-state index in [1.54, 1.807) is 24.5 Å². The molecule has 2 aromatic rings. The number of benzene rings is 1. The molecule has 0 spiro atoms. The number of aliphatic hydroxyl groups is 3. The van der Waals surface area contributed by atoms with Crippen LogP contribution >= 0.6 is 0 Å². The number of hydrogen-bond donors (Lipinski definition) is 5. The highest BCUT2D eigenvalue weighted by Crippen LogP contribution is 2.52. The summed E-state index contributed by atoms with van der Waals surface area (Å²) in [5.74, 6) is -6.42. The molecule has 3 aliphatic carbocycles. The fourth-order valence-corrected chi connectivity index (χ4v) is 5.41. The summed E-state index contributed by atoms with van der Waals surface area (Å²) in [6.07, 6.45) is 3.24. The van der Waals surface area contributed by atoms with E-state index in [1.807, 2.05) is 6.07 Å². The third-order valence-electron chi connectivity index (χ3n) is 6.92. The van der Waals surface area contributed by atoms with E-state index in [0.29, 0.717) is 11.1 Å². The van der Waals surface area contributed by atoms with Crippen molar-refractivity contribution < 1.29 is 34.8 Å². The van der Waals surface area contributed by atoms with Crippen molar-refractivity contribution in [1.29, 1.82) is 0 Å². The van der Waals surface area contributed by atoms with E-state index in [-0.39, 0.29) is 36.1 Å². The molecule has 168 valence electrons. The molecule has 0 radical (unpaired) electrons. The Hall–Kier alpha value is -3.98. The normalized spacial score (nSPS) is 26.6. The van der Waals surface area contributed by atoms with Crippen LogP contribution in [0.25, 0.3) is 16.9 Å². The molecule has 1 amide bonds. The van der Waals surface area contributed by atoms with Gasteiger partial charge in [-0.1, -0.05) is 12.1 Å². The first-order valence-corrected chi connectivity index (χ1v) is 10.4. The summed E-state index contributed by atoms with van der Waals surface area (Å²) in [4.78, 5) is 41.7. The Balaban J connectivity index is 1.72. The number of rotatable bonds is 2. The molecule has 5 rings (SSSR count). The van der Waals surface area contributed by atoms with Crippen LogP contribution in [-0.4, -0.2) is 48.5 Å². The zero-order valence-corrected chi connectivity index (χ0v) is 17.3. The minimum atomic E-state index is -2.56. The monoisotopic (exact) mass is 448 g/mol. The largest absolute Gasteiger partial charge is 0.508 e. The highest BCUT2D eigenvalue weighted by atomic mass is 16.3. The summed E-state index contributed by atoms with van der Waals surface area (Å²) in [7, 11) is 0. The number of phenols is 1. The number of nitrogens with two attached hydrogens (primary N) is 1. The van der Waals surface area contributed by atoms with Gasteiger partial charge in [0.25, 0.3) is 5.91 Å². The van der Waals surface area contributed by atoms with Gasteiger partial charge in [0.15, 0.2) is 11.4 Å². The summed E-state index contributed by atoms with van der Waals surface area (Å²) in [5.41, 5.74) is 3.79. The number of carbonyl (C=O) groups excluding carboxylic acids is 3. The first kappa shape index (κ1) is 20.9. The summed E-state index contributed by atoms with van der Waals surface area (Å²) in [6.45, 7) is 0. The third-order valence-corrected chi connectivity index (χ3v) is 6.92. The molecule has 0 bridgehead atoms. The van der Waals surface area contributed by atoms with E-state index < -0.39 is 52.0 Å². The summed E-state index contributed by atoms with van der Waals surface area (Å²) in [6, 6.07) is 6.67. The Morgan fingerprint density at radius 3 is 2.55 bits per heavy atom. The summed E-state index contributed by atoms with van der Waals surface area (Å²) < 4.78 is 0. The maximum Gasteiger partial charge on any atom is 0.255 e. The number of phenolic OH excluding ortho intramolecular Hbond substituents is 1. The lowest BCUT2D eigenvalue weighted by Crippen LogP contribution is -2.58. The number of ketones is 2. The van der Waals surface area contributed by atoms with Crippen molar-refractivity contribution in [3.05, 3.63) is 64.7 Å². The van der Waals surface area contributed by atoms with Crippen LogP contribution in [0.1, 0.15) is 24.0 Å². The zero-order valence-electron chi connectivity index (χ0n) is 17.3. The minimum absolute atomic E-state index is 0.0588. The van der Waals surface area contributed by atoms with Gasteiger partial charge in [-0.3, -0.25) is 19.4 Å². The number of fused-ring (bicyclic) bond motifs is 3. The van der Waals surface area contributed by atoms with Crippen LogP contribution < -0.4 is 5.73 Å². The van der Waals surface area contributed by atoms with Gasteiger partial charge in [-0.25, -0.2) is 0 Å². The molecule has 1 aromatic carbocycles. The van der Waals surface area contributed by atoms with E-state index in [0.717, 1.165) is 5.56 Å². The predicted molar refractivity (Wildman–Crippen MR) is 115 cm³/mol. The van der Waals surface area contributed by atoms with Crippen molar-refractivity contribution >= 4 is 23.2 Å². The van der Waals surface area contributed by atoms with Gasteiger partial charge in [0.2, 0.25) is 5.78 Å². The van der Waals surface area contributed by atoms with Crippen molar-refractivity contribution in [1.82, 2.24) is 4.98 Å². The SMILES string of the molecule is NC(=O)C1=C(O)[C@@]2(O)C(=O)C3=C(O)c4c(O)ccc(-c5cccnc5)c4C[C@H]3C[C@H]2CC1=O. The molecular weight excluding hydrogens is 428 g/mol. The van der Waals surface area contributed by atoms with E-state index in [1.165, 1.54) is 6.07 Å². The fraction of sp³-hybridized carbons (Fsp3) is 0.250. The molecule has 33 heavy (non-hydrogen) atoms. The number of aromatic nitrogens is 1. The number of Topliss-reactive ketones (excluding diaryl/α,β-unsaturated/α-hetero) is 2. The molecule has 0 aliphatic heterocycles. The van der Waals surface area contributed by atoms with Gasteiger partial charge < -0.3 is 26.2 Å². The maximum atomic E-state index is 13.5.